The summed E-state index contributed by atoms with van der Waals surface area (Å²) < 4.78 is 26.9. The molecule has 17 heavy (non-hydrogen) atoms. The fourth-order valence-corrected chi connectivity index (χ4v) is 3.44. The van der Waals surface area contributed by atoms with Crippen molar-refractivity contribution in [1.29, 1.82) is 0 Å². The number of hydrogen-bond acceptors (Lipinski definition) is 5. The molecule has 98 valence electrons. The molecule has 0 spiro atoms. The van der Waals surface area contributed by atoms with E-state index in [1.807, 2.05) is 0 Å². The van der Waals surface area contributed by atoms with E-state index in [2.05, 4.69) is 26.2 Å². The minimum absolute atomic E-state index is 0.00518. The molecule has 0 aromatic carbocycles. The molecule has 0 saturated heterocycles. The van der Waals surface area contributed by atoms with Crippen LogP contribution in [0.3, 0.4) is 0 Å². The Labute approximate surface area is 109 Å². The lowest BCUT2D eigenvalue weighted by Gasteiger charge is -2.17. The minimum Gasteiger partial charge on any atom is -0.393 e. The maximum atomic E-state index is 12.2. The molecule has 1 aromatic rings. The fourth-order valence-electron chi connectivity index (χ4n) is 1.23. The smallest absolute Gasteiger partial charge is 0.262 e. The molecule has 0 bridgehead atoms. The van der Waals surface area contributed by atoms with Gasteiger partial charge in [0.25, 0.3) is 10.0 Å². The first-order valence-electron chi connectivity index (χ1n) is 4.96. The highest BCUT2D eigenvalue weighted by atomic mass is 79.9. The van der Waals surface area contributed by atoms with Crippen LogP contribution in [0.15, 0.2) is 9.63 Å². The average molecular weight is 327 g/mol. The highest BCUT2D eigenvalue weighted by Crippen LogP contribution is 2.21. The molecular weight excluding hydrogens is 312 g/mol. The summed E-state index contributed by atoms with van der Waals surface area (Å²) in [6, 6.07) is 0. The number of rotatable bonds is 5. The molecular formula is C8H15BrN4O3S. The SMILES string of the molecule is CC(O)CCN(C)S(=O)(=O)c1c(Br)nnn1C. The van der Waals surface area contributed by atoms with E-state index < -0.39 is 16.1 Å². The van der Waals surface area contributed by atoms with Crippen molar-refractivity contribution in [3.05, 3.63) is 4.60 Å². The van der Waals surface area contributed by atoms with Crippen LogP contribution < -0.4 is 0 Å². The van der Waals surface area contributed by atoms with E-state index in [-0.39, 0.29) is 16.2 Å². The van der Waals surface area contributed by atoms with E-state index >= 15 is 0 Å². The van der Waals surface area contributed by atoms with Gasteiger partial charge in [-0.05, 0) is 29.3 Å². The van der Waals surface area contributed by atoms with Crippen molar-refractivity contribution >= 4 is 26.0 Å². The Morgan fingerprint density at radius 3 is 2.59 bits per heavy atom. The second-order valence-corrected chi connectivity index (χ2v) is 6.48. The first-order valence-corrected chi connectivity index (χ1v) is 7.19. The van der Waals surface area contributed by atoms with Crippen LogP contribution in [0.1, 0.15) is 13.3 Å². The third-order valence-electron chi connectivity index (χ3n) is 2.25. The molecule has 0 amide bonds. The molecule has 7 nitrogen and oxygen atoms in total. The van der Waals surface area contributed by atoms with E-state index in [4.69, 9.17) is 5.11 Å². The summed E-state index contributed by atoms with van der Waals surface area (Å²) in [6.07, 6.45) is -0.167. The van der Waals surface area contributed by atoms with Gasteiger partial charge in [-0.2, -0.15) is 4.31 Å². The van der Waals surface area contributed by atoms with Crippen LogP contribution in [0.4, 0.5) is 0 Å². The number of aliphatic hydroxyl groups is 1. The van der Waals surface area contributed by atoms with Gasteiger partial charge in [0.2, 0.25) is 5.03 Å². The Balaban J connectivity index is 2.96. The first-order chi connectivity index (χ1) is 7.76. The van der Waals surface area contributed by atoms with Crippen molar-refractivity contribution in [3.8, 4) is 0 Å². The third kappa shape index (κ3) is 3.24. The van der Waals surface area contributed by atoms with Crippen LogP contribution >= 0.6 is 15.9 Å². The van der Waals surface area contributed by atoms with Crippen LogP contribution in [-0.4, -0.2) is 52.5 Å². The Hall–Kier alpha value is -0.510. The van der Waals surface area contributed by atoms with E-state index in [0.29, 0.717) is 6.42 Å². The second-order valence-electron chi connectivity index (χ2n) is 3.77. The van der Waals surface area contributed by atoms with Gasteiger partial charge in [0.05, 0.1) is 6.10 Å². The van der Waals surface area contributed by atoms with Crippen LogP contribution in [0.5, 0.6) is 0 Å². The van der Waals surface area contributed by atoms with Crippen LogP contribution in [0.25, 0.3) is 0 Å². The van der Waals surface area contributed by atoms with Crippen molar-refractivity contribution in [2.45, 2.75) is 24.5 Å². The maximum absolute atomic E-state index is 12.2. The lowest BCUT2D eigenvalue weighted by atomic mass is 10.3. The van der Waals surface area contributed by atoms with Gasteiger partial charge in [0, 0.05) is 20.6 Å². The van der Waals surface area contributed by atoms with Crippen molar-refractivity contribution in [2.75, 3.05) is 13.6 Å². The monoisotopic (exact) mass is 326 g/mol. The topological polar surface area (TPSA) is 88.3 Å². The molecule has 0 saturated carbocycles. The summed E-state index contributed by atoms with van der Waals surface area (Å²) >= 11 is 3.05. The average Bonchev–Trinajstić information content (AvgIpc) is 2.55. The minimum atomic E-state index is -3.64. The summed E-state index contributed by atoms with van der Waals surface area (Å²) in [7, 11) is -0.677. The van der Waals surface area contributed by atoms with Gasteiger partial charge < -0.3 is 5.11 Å². The summed E-state index contributed by atoms with van der Waals surface area (Å²) in [5, 5.41) is 16.4. The van der Waals surface area contributed by atoms with Crippen molar-refractivity contribution in [3.63, 3.8) is 0 Å². The normalized spacial score (nSPS) is 14.2. The number of halogens is 1. The Kier molecular flexibility index (Phi) is 4.64. The number of aromatic nitrogens is 3. The van der Waals surface area contributed by atoms with E-state index in [9.17, 15) is 8.42 Å². The highest BCUT2D eigenvalue weighted by Gasteiger charge is 2.28. The predicted molar refractivity (Wildman–Crippen MR) is 64.8 cm³/mol. The van der Waals surface area contributed by atoms with Gasteiger partial charge >= 0.3 is 0 Å². The van der Waals surface area contributed by atoms with Crippen molar-refractivity contribution in [1.82, 2.24) is 19.3 Å². The number of aliphatic hydroxyl groups excluding tert-OH is 1. The summed E-state index contributed by atoms with van der Waals surface area (Å²) in [5.74, 6) is 0. The zero-order valence-electron chi connectivity index (χ0n) is 9.83. The molecule has 1 heterocycles. The molecule has 9 heteroatoms. The maximum Gasteiger partial charge on any atom is 0.262 e. The van der Waals surface area contributed by atoms with Crippen molar-refractivity contribution in [2.24, 2.45) is 7.05 Å². The predicted octanol–water partition coefficient (Wildman–Crippen LogP) is -0.0310. The molecule has 1 N–H and O–H groups in total. The number of hydrogen-bond donors (Lipinski definition) is 1. The molecule has 0 radical (unpaired) electrons. The van der Waals surface area contributed by atoms with Crippen LogP contribution in [0.2, 0.25) is 0 Å². The van der Waals surface area contributed by atoms with E-state index in [0.717, 1.165) is 0 Å². The molecule has 1 atom stereocenters. The second kappa shape index (κ2) is 5.42. The van der Waals surface area contributed by atoms with Gasteiger partial charge in [-0.25, -0.2) is 13.1 Å². The fraction of sp³-hybridized carbons (Fsp3) is 0.750. The Bertz CT molecular complexity index is 465. The standard InChI is InChI=1S/C8H15BrN4O3S/c1-6(14)4-5-12(2)17(15,16)8-7(9)10-11-13(8)3/h6,14H,4-5H2,1-3H3. The van der Waals surface area contributed by atoms with Gasteiger partial charge in [-0.3, -0.25) is 0 Å². The molecule has 1 unspecified atom stereocenters. The third-order valence-corrected chi connectivity index (χ3v) is 5.00. The molecule has 0 aliphatic heterocycles. The Morgan fingerprint density at radius 1 is 1.59 bits per heavy atom. The zero-order chi connectivity index (χ0) is 13.2. The highest BCUT2D eigenvalue weighted by molar-refractivity contribution is 9.10. The summed E-state index contributed by atoms with van der Waals surface area (Å²) in [6.45, 7) is 1.85. The Morgan fingerprint density at radius 2 is 2.18 bits per heavy atom. The lowest BCUT2D eigenvalue weighted by molar-refractivity contribution is 0.177. The molecule has 1 rings (SSSR count). The summed E-state index contributed by atoms with van der Waals surface area (Å²) in [4.78, 5) is 0. The van der Waals surface area contributed by atoms with E-state index in [1.165, 1.54) is 23.1 Å². The van der Waals surface area contributed by atoms with Crippen LogP contribution in [-0.2, 0) is 17.1 Å². The number of aryl methyl sites for hydroxylation is 1. The van der Waals surface area contributed by atoms with Crippen molar-refractivity contribution < 1.29 is 13.5 Å². The number of nitrogens with zero attached hydrogens (tertiary/aromatic N) is 4. The molecule has 0 aliphatic carbocycles. The number of sulfonamides is 1. The molecule has 1 aromatic heterocycles. The van der Waals surface area contributed by atoms with Gasteiger partial charge in [-0.1, -0.05) is 5.21 Å². The molecule has 0 fully saturated rings. The lowest BCUT2D eigenvalue weighted by Crippen LogP contribution is -2.31. The van der Waals surface area contributed by atoms with Gasteiger partial charge in [-0.15, -0.1) is 5.10 Å². The molecule has 0 aliphatic rings. The largest absolute Gasteiger partial charge is 0.393 e. The van der Waals surface area contributed by atoms with Crippen LogP contribution in [0, 0.1) is 0 Å². The quantitative estimate of drug-likeness (QED) is 0.820. The van der Waals surface area contributed by atoms with Gasteiger partial charge in [0.1, 0.15) is 0 Å². The van der Waals surface area contributed by atoms with E-state index in [1.54, 1.807) is 6.92 Å². The first kappa shape index (κ1) is 14.6. The zero-order valence-corrected chi connectivity index (χ0v) is 12.2. The summed E-state index contributed by atoms with van der Waals surface area (Å²) in [5.41, 5.74) is 0. The van der Waals surface area contributed by atoms with Gasteiger partial charge in [0.15, 0.2) is 4.60 Å².